The Morgan fingerprint density at radius 2 is 2.19 bits per heavy atom. The summed E-state index contributed by atoms with van der Waals surface area (Å²) in [6.07, 6.45) is -2.17. The number of halogens is 1. The molecular weight excluding hydrogens is 221 g/mol. The third-order valence-electron chi connectivity index (χ3n) is 1.92. The van der Waals surface area contributed by atoms with Gasteiger partial charge in [-0.1, -0.05) is 0 Å². The SMILES string of the molecule is O=C(O)C[C@@H](O)c1ccc([N+](=O)[O-])cc1F. The minimum absolute atomic E-state index is 0.270. The van der Waals surface area contributed by atoms with Gasteiger partial charge in [-0.25, -0.2) is 4.39 Å². The van der Waals surface area contributed by atoms with E-state index in [9.17, 15) is 24.4 Å². The van der Waals surface area contributed by atoms with Crippen LogP contribution in [0.2, 0.25) is 0 Å². The highest BCUT2D eigenvalue weighted by Gasteiger charge is 2.18. The maximum atomic E-state index is 13.3. The second kappa shape index (κ2) is 4.67. The lowest BCUT2D eigenvalue weighted by atomic mass is 10.1. The van der Waals surface area contributed by atoms with Crippen LogP contribution in [0, 0.1) is 15.9 Å². The van der Waals surface area contributed by atoms with E-state index >= 15 is 0 Å². The molecule has 7 heteroatoms. The Labute approximate surface area is 89.1 Å². The van der Waals surface area contributed by atoms with Crippen molar-refractivity contribution < 1.29 is 24.3 Å². The number of non-ortho nitro benzene ring substituents is 1. The van der Waals surface area contributed by atoms with Gasteiger partial charge in [0.15, 0.2) is 0 Å². The van der Waals surface area contributed by atoms with Crippen LogP contribution in [-0.4, -0.2) is 21.1 Å². The number of aliphatic hydroxyl groups excluding tert-OH is 1. The van der Waals surface area contributed by atoms with E-state index in [0.29, 0.717) is 6.07 Å². The van der Waals surface area contributed by atoms with Crippen LogP contribution >= 0.6 is 0 Å². The zero-order valence-corrected chi connectivity index (χ0v) is 7.96. The molecule has 0 aromatic heterocycles. The fraction of sp³-hybridized carbons (Fsp3) is 0.222. The van der Waals surface area contributed by atoms with E-state index in [1.54, 1.807) is 0 Å². The number of carbonyl (C=O) groups is 1. The van der Waals surface area contributed by atoms with Gasteiger partial charge in [0.1, 0.15) is 5.82 Å². The summed E-state index contributed by atoms with van der Waals surface area (Å²) in [4.78, 5) is 19.8. The van der Waals surface area contributed by atoms with Gasteiger partial charge in [-0.05, 0) is 6.07 Å². The first-order chi connectivity index (χ1) is 7.41. The molecule has 0 aliphatic heterocycles. The molecule has 1 rings (SSSR count). The summed E-state index contributed by atoms with van der Waals surface area (Å²) in [6, 6.07) is 2.64. The molecule has 2 N–H and O–H groups in total. The van der Waals surface area contributed by atoms with E-state index in [2.05, 4.69) is 0 Å². The van der Waals surface area contributed by atoms with Crippen molar-refractivity contribution in [1.29, 1.82) is 0 Å². The fourth-order valence-electron chi connectivity index (χ4n) is 1.18. The van der Waals surface area contributed by atoms with Crippen LogP contribution < -0.4 is 0 Å². The van der Waals surface area contributed by atoms with Gasteiger partial charge in [-0.3, -0.25) is 14.9 Å². The highest BCUT2D eigenvalue weighted by Crippen LogP contribution is 2.23. The van der Waals surface area contributed by atoms with E-state index in [1.165, 1.54) is 0 Å². The number of nitro groups is 1. The molecular formula is C9H8FNO5. The van der Waals surface area contributed by atoms with Crippen LogP contribution in [0.4, 0.5) is 10.1 Å². The summed E-state index contributed by atoms with van der Waals surface area (Å²) in [5.74, 6) is -2.28. The Bertz CT molecular complexity index is 434. The number of aliphatic carboxylic acids is 1. The second-order valence-corrected chi connectivity index (χ2v) is 3.08. The molecule has 1 aromatic carbocycles. The average molecular weight is 229 g/mol. The molecule has 1 atom stereocenters. The number of rotatable bonds is 4. The molecule has 0 amide bonds. The zero-order chi connectivity index (χ0) is 12.3. The molecule has 6 nitrogen and oxygen atoms in total. The van der Waals surface area contributed by atoms with Crippen LogP contribution in [0.3, 0.4) is 0 Å². The van der Waals surface area contributed by atoms with Gasteiger partial charge < -0.3 is 10.2 Å². The molecule has 0 saturated heterocycles. The smallest absolute Gasteiger partial charge is 0.306 e. The molecule has 0 radical (unpaired) electrons. The van der Waals surface area contributed by atoms with Gasteiger partial charge in [-0.15, -0.1) is 0 Å². The minimum Gasteiger partial charge on any atom is -0.481 e. The monoisotopic (exact) mass is 229 g/mol. The Morgan fingerprint density at radius 1 is 1.56 bits per heavy atom. The van der Waals surface area contributed by atoms with Crippen molar-refractivity contribution in [2.75, 3.05) is 0 Å². The summed E-state index contributed by atoms with van der Waals surface area (Å²) in [5.41, 5.74) is -0.725. The van der Waals surface area contributed by atoms with Crippen molar-refractivity contribution in [3.05, 3.63) is 39.7 Å². The fourth-order valence-corrected chi connectivity index (χ4v) is 1.18. The number of carboxylic acid groups (broad SMARTS) is 1. The van der Waals surface area contributed by atoms with Gasteiger partial charge in [0.25, 0.3) is 5.69 Å². The van der Waals surface area contributed by atoms with E-state index in [0.717, 1.165) is 12.1 Å². The lowest BCUT2D eigenvalue weighted by Gasteiger charge is -2.08. The predicted octanol–water partition coefficient (Wildman–Crippen LogP) is 1.24. The highest BCUT2D eigenvalue weighted by molar-refractivity contribution is 5.67. The molecule has 0 bridgehead atoms. The van der Waals surface area contributed by atoms with E-state index in [1.807, 2.05) is 0 Å². The van der Waals surface area contributed by atoms with Crippen LogP contribution in [0.1, 0.15) is 18.1 Å². The van der Waals surface area contributed by atoms with Crippen molar-refractivity contribution in [1.82, 2.24) is 0 Å². The first kappa shape index (κ1) is 12.1. The average Bonchev–Trinajstić information content (AvgIpc) is 2.15. The summed E-state index contributed by atoms with van der Waals surface area (Å²) < 4.78 is 13.3. The first-order valence-corrected chi connectivity index (χ1v) is 4.25. The molecule has 0 heterocycles. The van der Waals surface area contributed by atoms with Gasteiger partial charge in [0.05, 0.1) is 23.5 Å². The molecule has 0 fully saturated rings. The summed E-state index contributed by atoms with van der Waals surface area (Å²) >= 11 is 0. The third-order valence-corrected chi connectivity index (χ3v) is 1.92. The standard InChI is InChI=1S/C9H8FNO5/c10-7-3-5(11(15)16)1-2-6(7)8(12)4-9(13)14/h1-3,8,12H,4H2,(H,13,14)/t8-/m1/s1. The molecule has 0 saturated carbocycles. The number of hydrogen-bond acceptors (Lipinski definition) is 4. The van der Waals surface area contributed by atoms with Crippen molar-refractivity contribution in [2.45, 2.75) is 12.5 Å². The number of benzene rings is 1. The highest BCUT2D eigenvalue weighted by atomic mass is 19.1. The number of aliphatic hydroxyl groups is 1. The number of carboxylic acids is 1. The van der Waals surface area contributed by atoms with Crippen LogP contribution in [-0.2, 0) is 4.79 Å². The van der Waals surface area contributed by atoms with Crippen molar-refractivity contribution >= 4 is 11.7 Å². The normalized spacial score (nSPS) is 12.1. The van der Waals surface area contributed by atoms with E-state index in [4.69, 9.17) is 5.11 Å². The second-order valence-electron chi connectivity index (χ2n) is 3.08. The van der Waals surface area contributed by atoms with E-state index < -0.39 is 34.9 Å². The van der Waals surface area contributed by atoms with E-state index in [-0.39, 0.29) is 5.56 Å². The molecule has 86 valence electrons. The quantitative estimate of drug-likeness (QED) is 0.597. The molecule has 0 unspecified atom stereocenters. The zero-order valence-electron chi connectivity index (χ0n) is 7.96. The van der Waals surface area contributed by atoms with Crippen molar-refractivity contribution in [2.24, 2.45) is 0 Å². The maximum Gasteiger partial charge on any atom is 0.306 e. The van der Waals surface area contributed by atoms with Crippen molar-refractivity contribution in [3.63, 3.8) is 0 Å². The lowest BCUT2D eigenvalue weighted by Crippen LogP contribution is -2.07. The Kier molecular flexibility index (Phi) is 3.51. The molecule has 0 spiro atoms. The predicted molar refractivity (Wildman–Crippen MR) is 50.3 cm³/mol. The van der Waals surface area contributed by atoms with Crippen LogP contribution in [0.5, 0.6) is 0 Å². The Balaban J connectivity index is 2.98. The van der Waals surface area contributed by atoms with Gasteiger partial charge >= 0.3 is 5.97 Å². The summed E-state index contributed by atoms with van der Waals surface area (Å²) in [5, 5.41) is 28.0. The third kappa shape index (κ3) is 2.74. The molecule has 0 aliphatic carbocycles. The number of nitro benzene ring substituents is 1. The topological polar surface area (TPSA) is 101 Å². The first-order valence-electron chi connectivity index (χ1n) is 4.25. The van der Waals surface area contributed by atoms with Gasteiger partial charge in [0, 0.05) is 11.6 Å². The number of nitrogens with zero attached hydrogens (tertiary/aromatic N) is 1. The van der Waals surface area contributed by atoms with Gasteiger partial charge in [-0.2, -0.15) is 0 Å². The Hall–Kier alpha value is -2.02. The van der Waals surface area contributed by atoms with Gasteiger partial charge in [0.2, 0.25) is 0 Å². The van der Waals surface area contributed by atoms with Crippen molar-refractivity contribution in [3.8, 4) is 0 Å². The molecule has 1 aromatic rings. The largest absolute Gasteiger partial charge is 0.481 e. The summed E-state index contributed by atoms with van der Waals surface area (Å²) in [7, 11) is 0. The summed E-state index contributed by atoms with van der Waals surface area (Å²) in [6.45, 7) is 0. The molecule has 16 heavy (non-hydrogen) atoms. The number of hydrogen-bond donors (Lipinski definition) is 2. The Morgan fingerprint density at radius 3 is 2.62 bits per heavy atom. The lowest BCUT2D eigenvalue weighted by molar-refractivity contribution is -0.385. The minimum atomic E-state index is -1.52. The van der Waals surface area contributed by atoms with Crippen LogP contribution in [0.25, 0.3) is 0 Å². The molecule has 0 aliphatic rings. The maximum absolute atomic E-state index is 13.3. The van der Waals surface area contributed by atoms with Crippen LogP contribution in [0.15, 0.2) is 18.2 Å².